The molecule has 0 saturated carbocycles. The van der Waals surface area contributed by atoms with Gasteiger partial charge in [0.15, 0.2) is 0 Å². The number of amides is 1. The van der Waals surface area contributed by atoms with Crippen LogP contribution in [0, 0.1) is 13.8 Å². The summed E-state index contributed by atoms with van der Waals surface area (Å²) in [5.41, 5.74) is 4.43. The van der Waals surface area contributed by atoms with Crippen LogP contribution in [0.25, 0.3) is 0 Å². The first-order valence-electron chi connectivity index (χ1n) is 8.72. The van der Waals surface area contributed by atoms with E-state index in [1.54, 1.807) is 0 Å². The Morgan fingerprint density at radius 1 is 1.04 bits per heavy atom. The van der Waals surface area contributed by atoms with Crippen molar-refractivity contribution in [2.75, 3.05) is 25.0 Å². The molecule has 24 heavy (non-hydrogen) atoms. The van der Waals surface area contributed by atoms with Crippen LogP contribution in [0.15, 0.2) is 48.5 Å². The summed E-state index contributed by atoms with van der Waals surface area (Å²) in [6.07, 6.45) is 2.34. The van der Waals surface area contributed by atoms with E-state index in [9.17, 15) is 4.79 Å². The van der Waals surface area contributed by atoms with Crippen molar-refractivity contribution in [2.24, 2.45) is 0 Å². The van der Waals surface area contributed by atoms with Gasteiger partial charge in [-0.25, -0.2) is 0 Å². The summed E-state index contributed by atoms with van der Waals surface area (Å²) >= 11 is 0. The SMILES string of the molecule is Cc1ccc(N(C)C(=O)C(c2ccccc2)N2CCCC2)c(C)c1. The second-order valence-corrected chi connectivity index (χ2v) is 6.74. The van der Waals surface area contributed by atoms with Gasteiger partial charge in [0.25, 0.3) is 0 Å². The molecule has 0 aliphatic carbocycles. The van der Waals surface area contributed by atoms with E-state index >= 15 is 0 Å². The highest BCUT2D eigenvalue weighted by Gasteiger charge is 2.32. The van der Waals surface area contributed by atoms with Crippen LogP contribution in [-0.2, 0) is 4.79 Å². The van der Waals surface area contributed by atoms with E-state index in [4.69, 9.17) is 0 Å². The number of carbonyl (C=O) groups is 1. The molecule has 0 bridgehead atoms. The minimum absolute atomic E-state index is 0.148. The minimum atomic E-state index is -0.195. The van der Waals surface area contributed by atoms with Gasteiger partial charge in [0.05, 0.1) is 0 Å². The van der Waals surface area contributed by atoms with Crippen LogP contribution in [0.2, 0.25) is 0 Å². The third-order valence-electron chi connectivity index (χ3n) is 4.90. The monoisotopic (exact) mass is 322 g/mol. The first-order chi connectivity index (χ1) is 11.6. The van der Waals surface area contributed by atoms with Crippen molar-refractivity contribution in [2.45, 2.75) is 32.7 Å². The molecule has 1 fully saturated rings. The number of carbonyl (C=O) groups excluding carboxylic acids is 1. The van der Waals surface area contributed by atoms with Crippen molar-refractivity contribution >= 4 is 11.6 Å². The van der Waals surface area contributed by atoms with Crippen LogP contribution in [0.1, 0.15) is 35.6 Å². The number of aryl methyl sites for hydroxylation is 2. The highest BCUT2D eigenvalue weighted by atomic mass is 16.2. The number of hydrogen-bond acceptors (Lipinski definition) is 2. The maximum absolute atomic E-state index is 13.4. The van der Waals surface area contributed by atoms with Gasteiger partial charge in [-0.3, -0.25) is 9.69 Å². The smallest absolute Gasteiger partial charge is 0.248 e. The largest absolute Gasteiger partial charge is 0.314 e. The Bertz CT molecular complexity index is 705. The molecule has 0 aromatic heterocycles. The maximum atomic E-state index is 13.4. The normalized spacial score (nSPS) is 16.1. The molecular weight excluding hydrogens is 296 g/mol. The van der Waals surface area contributed by atoms with Crippen LogP contribution in [0.3, 0.4) is 0 Å². The fourth-order valence-corrected chi connectivity index (χ4v) is 3.63. The molecular formula is C21H26N2O. The lowest BCUT2D eigenvalue weighted by Gasteiger charge is -2.31. The predicted octanol–water partition coefficient (Wildman–Crippen LogP) is 4.10. The first kappa shape index (κ1) is 16.7. The topological polar surface area (TPSA) is 23.6 Å². The van der Waals surface area contributed by atoms with Crippen molar-refractivity contribution in [1.82, 2.24) is 4.90 Å². The Kier molecular flexibility index (Phi) is 5.00. The third-order valence-corrected chi connectivity index (χ3v) is 4.90. The molecule has 0 radical (unpaired) electrons. The van der Waals surface area contributed by atoms with E-state index in [0.29, 0.717) is 0 Å². The lowest BCUT2D eigenvalue weighted by molar-refractivity contribution is -0.123. The quantitative estimate of drug-likeness (QED) is 0.846. The third kappa shape index (κ3) is 3.36. The average Bonchev–Trinajstić information content (AvgIpc) is 3.09. The number of benzene rings is 2. The summed E-state index contributed by atoms with van der Waals surface area (Å²) in [6.45, 7) is 6.13. The number of likely N-dealkylation sites (N-methyl/N-ethyl adjacent to an activating group) is 1. The van der Waals surface area contributed by atoms with Gasteiger partial charge in [-0.05, 0) is 57.0 Å². The number of rotatable bonds is 4. The van der Waals surface area contributed by atoms with Gasteiger partial charge >= 0.3 is 0 Å². The number of likely N-dealkylation sites (tertiary alicyclic amines) is 1. The second-order valence-electron chi connectivity index (χ2n) is 6.74. The highest BCUT2D eigenvalue weighted by molar-refractivity contribution is 5.98. The Balaban J connectivity index is 1.93. The van der Waals surface area contributed by atoms with E-state index in [0.717, 1.165) is 29.9 Å². The Labute approximate surface area is 144 Å². The van der Waals surface area contributed by atoms with Crippen LogP contribution < -0.4 is 4.90 Å². The maximum Gasteiger partial charge on any atom is 0.248 e. The van der Waals surface area contributed by atoms with Gasteiger partial charge in [-0.1, -0.05) is 48.0 Å². The molecule has 3 heteroatoms. The second kappa shape index (κ2) is 7.18. The highest BCUT2D eigenvalue weighted by Crippen LogP contribution is 2.29. The molecule has 0 spiro atoms. The van der Waals surface area contributed by atoms with Crippen molar-refractivity contribution in [3.8, 4) is 0 Å². The predicted molar refractivity (Wildman–Crippen MR) is 99.3 cm³/mol. The molecule has 1 saturated heterocycles. The fraction of sp³-hybridized carbons (Fsp3) is 0.381. The summed E-state index contributed by atoms with van der Waals surface area (Å²) in [4.78, 5) is 17.5. The van der Waals surface area contributed by atoms with Gasteiger partial charge in [0.2, 0.25) is 5.91 Å². The Hall–Kier alpha value is -2.13. The molecule has 3 nitrogen and oxygen atoms in total. The average molecular weight is 322 g/mol. The number of hydrogen-bond donors (Lipinski definition) is 0. The molecule has 2 aromatic rings. The van der Waals surface area contributed by atoms with E-state index < -0.39 is 0 Å². The lowest BCUT2D eigenvalue weighted by atomic mass is 10.0. The molecule has 1 atom stereocenters. The molecule has 2 aromatic carbocycles. The summed E-state index contributed by atoms with van der Waals surface area (Å²) in [5.74, 6) is 0.148. The van der Waals surface area contributed by atoms with E-state index in [1.165, 1.54) is 18.4 Å². The van der Waals surface area contributed by atoms with E-state index in [-0.39, 0.29) is 11.9 Å². The van der Waals surface area contributed by atoms with Crippen LogP contribution in [0.4, 0.5) is 5.69 Å². The summed E-state index contributed by atoms with van der Waals surface area (Å²) in [5, 5.41) is 0. The van der Waals surface area contributed by atoms with Crippen molar-refractivity contribution in [1.29, 1.82) is 0 Å². The summed E-state index contributed by atoms with van der Waals surface area (Å²) in [7, 11) is 1.89. The van der Waals surface area contributed by atoms with Gasteiger partial charge in [0, 0.05) is 12.7 Å². The molecule has 1 heterocycles. The molecule has 1 aliphatic rings. The molecule has 0 N–H and O–H groups in total. The van der Waals surface area contributed by atoms with Gasteiger partial charge in [-0.15, -0.1) is 0 Å². The molecule has 3 rings (SSSR count). The molecule has 1 aliphatic heterocycles. The zero-order valence-electron chi connectivity index (χ0n) is 14.8. The molecule has 1 amide bonds. The number of anilines is 1. The lowest BCUT2D eigenvalue weighted by Crippen LogP contribution is -2.40. The number of nitrogens with zero attached hydrogens (tertiary/aromatic N) is 2. The van der Waals surface area contributed by atoms with Crippen LogP contribution in [0.5, 0.6) is 0 Å². The summed E-state index contributed by atoms with van der Waals surface area (Å²) in [6, 6.07) is 16.2. The van der Waals surface area contributed by atoms with Crippen LogP contribution >= 0.6 is 0 Å². The summed E-state index contributed by atoms with van der Waals surface area (Å²) < 4.78 is 0. The Morgan fingerprint density at radius 2 is 1.71 bits per heavy atom. The van der Waals surface area contributed by atoms with E-state index in [2.05, 4.69) is 49.1 Å². The van der Waals surface area contributed by atoms with Gasteiger partial charge < -0.3 is 4.90 Å². The van der Waals surface area contributed by atoms with Gasteiger partial charge in [0.1, 0.15) is 6.04 Å². The fourth-order valence-electron chi connectivity index (χ4n) is 3.63. The van der Waals surface area contributed by atoms with Gasteiger partial charge in [-0.2, -0.15) is 0 Å². The standard InChI is InChI=1S/C21H26N2O/c1-16-11-12-19(17(2)15-16)22(3)21(24)20(23-13-7-8-14-23)18-9-5-4-6-10-18/h4-6,9-12,15,20H,7-8,13-14H2,1-3H3. The zero-order chi connectivity index (χ0) is 17.1. The van der Waals surface area contributed by atoms with Crippen molar-refractivity contribution in [3.05, 3.63) is 65.2 Å². The minimum Gasteiger partial charge on any atom is -0.314 e. The molecule has 1 unspecified atom stereocenters. The van der Waals surface area contributed by atoms with Crippen LogP contribution in [-0.4, -0.2) is 30.9 Å². The molecule has 126 valence electrons. The first-order valence-corrected chi connectivity index (χ1v) is 8.72. The van der Waals surface area contributed by atoms with E-state index in [1.807, 2.05) is 30.1 Å². The zero-order valence-corrected chi connectivity index (χ0v) is 14.8. The van der Waals surface area contributed by atoms with Crippen molar-refractivity contribution < 1.29 is 4.79 Å². The van der Waals surface area contributed by atoms with Crippen molar-refractivity contribution in [3.63, 3.8) is 0 Å². The Morgan fingerprint density at radius 3 is 2.33 bits per heavy atom.